The molecule has 20 heavy (non-hydrogen) atoms. The Hall–Kier alpha value is -0.770. The molecule has 2 rings (SSSR count). The van der Waals surface area contributed by atoms with Gasteiger partial charge in [-0.25, -0.2) is 4.79 Å². The minimum atomic E-state index is -0.412. The van der Waals surface area contributed by atoms with Crippen LogP contribution in [0.15, 0.2) is 0 Å². The fourth-order valence-corrected chi connectivity index (χ4v) is 3.27. The SMILES string of the molecule is CCCCOC1CC2CCC(C1)N2C(=O)OC(C)(C)C. The Morgan fingerprint density at radius 3 is 2.30 bits per heavy atom. The van der Waals surface area contributed by atoms with Crippen LogP contribution in [0, 0.1) is 0 Å². The second-order valence-corrected chi connectivity index (χ2v) is 7.09. The molecule has 0 aromatic carbocycles. The smallest absolute Gasteiger partial charge is 0.410 e. The molecular formula is C16H29NO3. The normalized spacial score (nSPS) is 29.6. The zero-order valence-electron chi connectivity index (χ0n) is 13.4. The highest BCUT2D eigenvalue weighted by atomic mass is 16.6. The molecule has 0 spiro atoms. The van der Waals surface area contributed by atoms with Gasteiger partial charge in [0.2, 0.25) is 0 Å². The number of hydrogen-bond acceptors (Lipinski definition) is 3. The van der Waals surface area contributed by atoms with Gasteiger partial charge in [-0.15, -0.1) is 0 Å². The van der Waals surface area contributed by atoms with Crippen molar-refractivity contribution in [3.63, 3.8) is 0 Å². The molecule has 4 nitrogen and oxygen atoms in total. The molecule has 2 unspecified atom stereocenters. The lowest BCUT2D eigenvalue weighted by atomic mass is 10.00. The van der Waals surface area contributed by atoms with Crippen molar-refractivity contribution in [1.82, 2.24) is 4.90 Å². The number of ether oxygens (including phenoxy) is 2. The van der Waals surface area contributed by atoms with Crippen LogP contribution in [0.2, 0.25) is 0 Å². The van der Waals surface area contributed by atoms with Gasteiger partial charge in [0, 0.05) is 18.7 Å². The summed E-state index contributed by atoms with van der Waals surface area (Å²) >= 11 is 0. The Labute approximate surface area is 122 Å². The second-order valence-electron chi connectivity index (χ2n) is 7.09. The van der Waals surface area contributed by atoms with Crippen LogP contribution in [-0.4, -0.2) is 41.4 Å². The Bertz CT molecular complexity index is 323. The summed E-state index contributed by atoms with van der Waals surface area (Å²) in [5.41, 5.74) is -0.412. The first-order chi connectivity index (χ1) is 9.40. The van der Waals surface area contributed by atoms with E-state index in [1.165, 1.54) is 6.42 Å². The van der Waals surface area contributed by atoms with Crippen LogP contribution in [0.3, 0.4) is 0 Å². The van der Waals surface area contributed by atoms with Crippen LogP contribution >= 0.6 is 0 Å². The molecule has 0 aromatic rings. The van der Waals surface area contributed by atoms with E-state index >= 15 is 0 Å². The van der Waals surface area contributed by atoms with Crippen molar-refractivity contribution in [2.45, 2.75) is 90.0 Å². The van der Waals surface area contributed by atoms with Crippen molar-refractivity contribution in [1.29, 1.82) is 0 Å². The van der Waals surface area contributed by atoms with Gasteiger partial charge in [0.05, 0.1) is 6.10 Å². The van der Waals surface area contributed by atoms with Gasteiger partial charge >= 0.3 is 6.09 Å². The number of carbonyl (C=O) groups is 1. The summed E-state index contributed by atoms with van der Waals surface area (Å²) in [7, 11) is 0. The molecular weight excluding hydrogens is 254 g/mol. The summed E-state index contributed by atoms with van der Waals surface area (Å²) in [4.78, 5) is 14.3. The number of fused-ring (bicyclic) bond motifs is 2. The number of hydrogen-bond donors (Lipinski definition) is 0. The van der Waals surface area contributed by atoms with Crippen LogP contribution < -0.4 is 0 Å². The minimum Gasteiger partial charge on any atom is -0.444 e. The number of unbranched alkanes of at least 4 members (excludes halogenated alkanes) is 1. The summed E-state index contributed by atoms with van der Waals surface area (Å²) in [6, 6.07) is 0.630. The molecule has 4 heteroatoms. The van der Waals surface area contributed by atoms with Crippen molar-refractivity contribution >= 4 is 6.09 Å². The largest absolute Gasteiger partial charge is 0.444 e. The van der Waals surface area contributed by atoms with E-state index in [0.717, 1.165) is 38.7 Å². The van der Waals surface area contributed by atoms with Crippen molar-refractivity contribution in [2.75, 3.05) is 6.61 Å². The topological polar surface area (TPSA) is 38.8 Å². The van der Waals surface area contributed by atoms with Crippen LogP contribution in [0.1, 0.15) is 66.2 Å². The molecule has 0 saturated carbocycles. The third kappa shape index (κ3) is 3.87. The van der Waals surface area contributed by atoms with Crippen LogP contribution in [0.5, 0.6) is 0 Å². The van der Waals surface area contributed by atoms with Gasteiger partial charge in [0.25, 0.3) is 0 Å². The quantitative estimate of drug-likeness (QED) is 0.738. The molecule has 0 aliphatic carbocycles. The molecule has 2 aliphatic rings. The first kappa shape index (κ1) is 15.6. The average molecular weight is 283 g/mol. The van der Waals surface area contributed by atoms with E-state index in [4.69, 9.17) is 9.47 Å². The molecule has 2 saturated heterocycles. The molecule has 2 atom stereocenters. The van der Waals surface area contributed by atoms with Gasteiger partial charge in [-0.3, -0.25) is 0 Å². The highest BCUT2D eigenvalue weighted by molar-refractivity contribution is 5.69. The third-order valence-corrected chi connectivity index (χ3v) is 4.15. The first-order valence-corrected chi connectivity index (χ1v) is 8.03. The summed E-state index contributed by atoms with van der Waals surface area (Å²) in [5, 5.41) is 0. The van der Waals surface area contributed by atoms with Gasteiger partial charge in [0.15, 0.2) is 0 Å². The third-order valence-electron chi connectivity index (χ3n) is 4.15. The molecule has 0 radical (unpaired) electrons. The fraction of sp³-hybridized carbons (Fsp3) is 0.938. The lowest BCUT2D eigenvalue weighted by molar-refractivity contribution is -0.0348. The molecule has 116 valence electrons. The number of nitrogens with zero attached hydrogens (tertiary/aromatic N) is 1. The summed E-state index contributed by atoms with van der Waals surface area (Å²) < 4.78 is 11.5. The van der Waals surface area contributed by atoms with E-state index in [1.54, 1.807) is 0 Å². The Morgan fingerprint density at radius 1 is 1.20 bits per heavy atom. The maximum absolute atomic E-state index is 12.3. The molecule has 2 aliphatic heterocycles. The highest BCUT2D eigenvalue weighted by Crippen LogP contribution is 2.37. The predicted octanol–water partition coefficient (Wildman–Crippen LogP) is 3.73. The highest BCUT2D eigenvalue weighted by Gasteiger charge is 2.45. The summed E-state index contributed by atoms with van der Waals surface area (Å²) in [6.07, 6.45) is 6.62. The van der Waals surface area contributed by atoms with E-state index in [1.807, 2.05) is 25.7 Å². The van der Waals surface area contributed by atoms with Gasteiger partial charge in [0.1, 0.15) is 5.60 Å². The lowest BCUT2D eigenvalue weighted by Gasteiger charge is -2.39. The van der Waals surface area contributed by atoms with Crippen molar-refractivity contribution in [2.24, 2.45) is 0 Å². The Kier molecular flexibility index (Phi) is 4.95. The van der Waals surface area contributed by atoms with Crippen molar-refractivity contribution in [3.8, 4) is 0 Å². The van der Waals surface area contributed by atoms with Gasteiger partial charge in [-0.1, -0.05) is 13.3 Å². The molecule has 0 N–H and O–H groups in total. The van der Waals surface area contributed by atoms with E-state index in [-0.39, 0.29) is 6.09 Å². The van der Waals surface area contributed by atoms with Crippen LogP contribution in [0.4, 0.5) is 4.79 Å². The maximum Gasteiger partial charge on any atom is 0.410 e. The molecule has 2 fully saturated rings. The summed E-state index contributed by atoms with van der Waals surface area (Å²) in [6.45, 7) is 8.81. The van der Waals surface area contributed by atoms with Crippen LogP contribution in [-0.2, 0) is 9.47 Å². The number of amides is 1. The van der Waals surface area contributed by atoms with E-state index in [0.29, 0.717) is 18.2 Å². The maximum atomic E-state index is 12.3. The van der Waals surface area contributed by atoms with E-state index < -0.39 is 5.60 Å². The van der Waals surface area contributed by atoms with E-state index in [9.17, 15) is 4.79 Å². The van der Waals surface area contributed by atoms with E-state index in [2.05, 4.69) is 6.92 Å². The van der Waals surface area contributed by atoms with Gasteiger partial charge in [-0.05, 0) is 52.9 Å². The standard InChI is InChI=1S/C16H29NO3/c1-5-6-9-19-14-10-12-7-8-13(11-14)17(12)15(18)20-16(2,3)4/h12-14H,5-11H2,1-4H3. The average Bonchev–Trinajstić information content (AvgIpc) is 2.60. The number of piperidine rings is 1. The monoisotopic (exact) mass is 283 g/mol. The van der Waals surface area contributed by atoms with Crippen molar-refractivity contribution < 1.29 is 14.3 Å². The Morgan fingerprint density at radius 2 is 1.80 bits per heavy atom. The molecule has 2 heterocycles. The number of carbonyl (C=O) groups excluding carboxylic acids is 1. The lowest BCUT2D eigenvalue weighted by Crippen LogP contribution is -2.50. The molecule has 1 amide bonds. The van der Waals surface area contributed by atoms with Crippen LogP contribution in [0.25, 0.3) is 0 Å². The minimum absolute atomic E-state index is 0.142. The molecule has 2 bridgehead atoms. The summed E-state index contributed by atoms with van der Waals surface area (Å²) in [5.74, 6) is 0. The first-order valence-electron chi connectivity index (χ1n) is 8.03. The second kappa shape index (κ2) is 6.33. The van der Waals surface area contributed by atoms with Gasteiger partial charge < -0.3 is 14.4 Å². The fourth-order valence-electron chi connectivity index (χ4n) is 3.27. The van der Waals surface area contributed by atoms with Gasteiger partial charge in [-0.2, -0.15) is 0 Å². The zero-order valence-corrected chi connectivity index (χ0v) is 13.4. The predicted molar refractivity (Wildman–Crippen MR) is 78.8 cm³/mol. The van der Waals surface area contributed by atoms with Crippen molar-refractivity contribution in [3.05, 3.63) is 0 Å². The molecule has 0 aromatic heterocycles. The Balaban J connectivity index is 1.88. The zero-order chi connectivity index (χ0) is 14.8. The number of rotatable bonds is 4.